The Hall–Kier alpha value is -2.29. The van der Waals surface area contributed by atoms with Crippen LogP contribution in [0.3, 0.4) is 0 Å². The zero-order valence-corrected chi connectivity index (χ0v) is 11.3. The summed E-state index contributed by atoms with van der Waals surface area (Å²) in [6, 6.07) is 17.9. The minimum Gasteiger partial charge on any atom is -0.494 e. The van der Waals surface area contributed by atoms with Crippen LogP contribution in [0.4, 0.5) is 5.69 Å². The molecule has 0 spiro atoms. The van der Waals surface area contributed by atoms with Crippen molar-refractivity contribution in [3.63, 3.8) is 0 Å². The third-order valence-corrected chi connectivity index (χ3v) is 2.70. The fourth-order valence-corrected chi connectivity index (χ4v) is 1.68. The van der Waals surface area contributed by atoms with Gasteiger partial charge in [-0.25, -0.2) is 0 Å². The van der Waals surface area contributed by atoms with Crippen LogP contribution in [-0.2, 0) is 0 Å². The molecule has 0 fully saturated rings. The lowest BCUT2D eigenvalue weighted by atomic mass is 10.2. The van der Waals surface area contributed by atoms with Crippen molar-refractivity contribution in [3.8, 4) is 5.75 Å². The summed E-state index contributed by atoms with van der Waals surface area (Å²) in [4.78, 5) is 0. The van der Waals surface area contributed by atoms with Gasteiger partial charge in [0.05, 0.1) is 18.5 Å². The molecule has 2 aromatic carbocycles. The van der Waals surface area contributed by atoms with Crippen LogP contribution in [0.15, 0.2) is 59.7 Å². The SMILES string of the molecule is CCOc1ccc(/C=N\N(C)c2ccccc2)cc1. The van der Waals surface area contributed by atoms with Crippen molar-refractivity contribution in [1.82, 2.24) is 0 Å². The van der Waals surface area contributed by atoms with E-state index in [9.17, 15) is 0 Å². The first-order valence-electron chi connectivity index (χ1n) is 6.35. The molecule has 0 saturated carbocycles. The monoisotopic (exact) mass is 254 g/mol. The molecular weight excluding hydrogens is 236 g/mol. The first-order valence-corrected chi connectivity index (χ1v) is 6.35. The molecule has 2 aromatic rings. The van der Waals surface area contributed by atoms with E-state index >= 15 is 0 Å². The molecule has 0 bridgehead atoms. The van der Waals surface area contributed by atoms with Crippen molar-refractivity contribution in [3.05, 3.63) is 60.2 Å². The number of hydrogen-bond donors (Lipinski definition) is 0. The Morgan fingerprint density at radius 2 is 1.74 bits per heavy atom. The summed E-state index contributed by atoms with van der Waals surface area (Å²) in [5, 5.41) is 6.25. The minimum atomic E-state index is 0.685. The van der Waals surface area contributed by atoms with Crippen LogP contribution < -0.4 is 9.75 Å². The Morgan fingerprint density at radius 3 is 2.37 bits per heavy atom. The number of hydrazone groups is 1. The molecule has 0 atom stereocenters. The maximum atomic E-state index is 5.40. The maximum absolute atomic E-state index is 5.40. The van der Waals surface area contributed by atoms with E-state index in [1.54, 1.807) is 0 Å². The average molecular weight is 254 g/mol. The molecule has 0 aliphatic carbocycles. The first-order chi connectivity index (χ1) is 9.29. The van der Waals surface area contributed by atoms with Crippen molar-refractivity contribution in [2.45, 2.75) is 6.92 Å². The molecule has 19 heavy (non-hydrogen) atoms. The number of rotatable bonds is 5. The van der Waals surface area contributed by atoms with Gasteiger partial charge >= 0.3 is 0 Å². The Labute approximate surface area is 114 Å². The van der Waals surface area contributed by atoms with Gasteiger partial charge in [0.1, 0.15) is 5.75 Å². The molecule has 0 aliphatic rings. The number of benzene rings is 2. The molecule has 0 amide bonds. The normalized spacial score (nSPS) is 10.6. The lowest BCUT2D eigenvalue weighted by molar-refractivity contribution is 0.340. The van der Waals surface area contributed by atoms with Gasteiger partial charge in [0.15, 0.2) is 0 Å². The highest BCUT2D eigenvalue weighted by atomic mass is 16.5. The Balaban J connectivity index is 2.02. The summed E-state index contributed by atoms with van der Waals surface area (Å²) < 4.78 is 5.40. The van der Waals surface area contributed by atoms with Crippen molar-refractivity contribution in [2.24, 2.45) is 5.10 Å². The Kier molecular flexibility index (Phi) is 4.56. The van der Waals surface area contributed by atoms with Gasteiger partial charge < -0.3 is 4.74 Å². The predicted octanol–water partition coefficient (Wildman–Crippen LogP) is 3.56. The highest BCUT2D eigenvalue weighted by Gasteiger charge is 1.96. The van der Waals surface area contributed by atoms with E-state index in [1.807, 2.05) is 79.8 Å². The summed E-state index contributed by atoms with van der Waals surface area (Å²) in [7, 11) is 1.93. The van der Waals surface area contributed by atoms with Crippen LogP contribution in [0, 0.1) is 0 Å². The second-order valence-corrected chi connectivity index (χ2v) is 4.11. The van der Waals surface area contributed by atoms with Crippen LogP contribution in [0.25, 0.3) is 0 Å². The average Bonchev–Trinajstić information content (AvgIpc) is 2.47. The molecule has 0 saturated heterocycles. The summed E-state index contributed by atoms with van der Waals surface area (Å²) in [6.07, 6.45) is 1.84. The van der Waals surface area contributed by atoms with Crippen molar-refractivity contribution < 1.29 is 4.74 Å². The van der Waals surface area contributed by atoms with Gasteiger partial charge in [-0.2, -0.15) is 5.10 Å². The smallest absolute Gasteiger partial charge is 0.119 e. The number of para-hydroxylation sites is 1. The Bertz CT molecular complexity index is 520. The van der Waals surface area contributed by atoms with E-state index in [0.717, 1.165) is 17.0 Å². The van der Waals surface area contributed by atoms with E-state index in [0.29, 0.717) is 6.61 Å². The van der Waals surface area contributed by atoms with Crippen LogP contribution in [0.5, 0.6) is 5.75 Å². The highest BCUT2D eigenvalue weighted by molar-refractivity contribution is 5.80. The van der Waals surface area contributed by atoms with Crippen LogP contribution in [0.1, 0.15) is 12.5 Å². The van der Waals surface area contributed by atoms with Crippen LogP contribution in [-0.4, -0.2) is 19.9 Å². The third kappa shape index (κ3) is 3.85. The van der Waals surface area contributed by atoms with E-state index in [4.69, 9.17) is 4.74 Å². The molecule has 0 aliphatic heterocycles. The number of ether oxygens (including phenoxy) is 1. The molecule has 0 aromatic heterocycles. The largest absolute Gasteiger partial charge is 0.494 e. The standard InChI is InChI=1S/C16H18N2O/c1-3-19-16-11-9-14(10-12-16)13-17-18(2)15-7-5-4-6-8-15/h4-13H,3H2,1-2H3/b17-13-. The van der Waals surface area contributed by atoms with Gasteiger partial charge in [-0.1, -0.05) is 18.2 Å². The molecule has 3 nitrogen and oxygen atoms in total. The quantitative estimate of drug-likeness (QED) is 0.602. The summed E-state index contributed by atoms with van der Waals surface area (Å²) >= 11 is 0. The third-order valence-electron chi connectivity index (χ3n) is 2.70. The van der Waals surface area contributed by atoms with Gasteiger partial charge in [-0.05, 0) is 48.9 Å². The summed E-state index contributed by atoms with van der Waals surface area (Å²) in [5.74, 6) is 0.885. The molecule has 98 valence electrons. The van der Waals surface area contributed by atoms with Gasteiger partial charge in [-0.3, -0.25) is 5.01 Å². The molecule has 0 N–H and O–H groups in total. The Morgan fingerprint density at radius 1 is 1.05 bits per heavy atom. The van der Waals surface area contributed by atoms with Crippen LogP contribution >= 0.6 is 0 Å². The van der Waals surface area contributed by atoms with E-state index in [-0.39, 0.29) is 0 Å². The van der Waals surface area contributed by atoms with Crippen molar-refractivity contribution in [1.29, 1.82) is 0 Å². The number of anilines is 1. The van der Waals surface area contributed by atoms with Gasteiger partial charge in [0, 0.05) is 7.05 Å². The number of hydrogen-bond acceptors (Lipinski definition) is 3. The van der Waals surface area contributed by atoms with Crippen molar-refractivity contribution in [2.75, 3.05) is 18.7 Å². The topological polar surface area (TPSA) is 24.8 Å². The summed E-state index contributed by atoms with van der Waals surface area (Å²) in [5.41, 5.74) is 2.11. The fraction of sp³-hybridized carbons (Fsp3) is 0.188. The second-order valence-electron chi connectivity index (χ2n) is 4.11. The van der Waals surface area contributed by atoms with Gasteiger partial charge in [0.2, 0.25) is 0 Å². The fourth-order valence-electron chi connectivity index (χ4n) is 1.68. The van der Waals surface area contributed by atoms with E-state index in [2.05, 4.69) is 5.10 Å². The van der Waals surface area contributed by atoms with Crippen LogP contribution in [0.2, 0.25) is 0 Å². The van der Waals surface area contributed by atoms with E-state index < -0.39 is 0 Å². The first kappa shape index (κ1) is 13.1. The maximum Gasteiger partial charge on any atom is 0.119 e. The molecule has 0 unspecified atom stereocenters. The molecule has 0 heterocycles. The molecule has 0 radical (unpaired) electrons. The highest BCUT2D eigenvalue weighted by Crippen LogP contribution is 2.13. The van der Waals surface area contributed by atoms with Crippen molar-refractivity contribution >= 4 is 11.9 Å². The van der Waals surface area contributed by atoms with E-state index in [1.165, 1.54) is 0 Å². The predicted molar refractivity (Wildman–Crippen MR) is 80.1 cm³/mol. The molecule has 3 heteroatoms. The molecule has 2 rings (SSSR count). The zero-order chi connectivity index (χ0) is 13.5. The van der Waals surface area contributed by atoms with Gasteiger partial charge in [0.25, 0.3) is 0 Å². The molecular formula is C16H18N2O. The second kappa shape index (κ2) is 6.59. The van der Waals surface area contributed by atoms with Gasteiger partial charge in [-0.15, -0.1) is 0 Å². The minimum absolute atomic E-state index is 0.685. The number of nitrogens with zero attached hydrogens (tertiary/aromatic N) is 2. The zero-order valence-electron chi connectivity index (χ0n) is 11.3. The lowest BCUT2D eigenvalue weighted by Crippen LogP contribution is -2.08. The summed E-state index contributed by atoms with van der Waals surface area (Å²) in [6.45, 7) is 2.66. The lowest BCUT2D eigenvalue weighted by Gasteiger charge is -2.12.